The molecule has 2 aromatic rings. The van der Waals surface area contributed by atoms with E-state index in [1.165, 1.54) is 6.92 Å². The van der Waals surface area contributed by atoms with Crippen molar-refractivity contribution in [3.8, 4) is 5.75 Å². The van der Waals surface area contributed by atoms with E-state index in [4.69, 9.17) is 10.5 Å². The van der Waals surface area contributed by atoms with Crippen molar-refractivity contribution in [2.24, 2.45) is 5.73 Å². The molecule has 1 amide bonds. The van der Waals surface area contributed by atoms with E-state index < -0.39 is 32.0 Å². The number of nitrogens with two attached hydrogens (primary N) is 1. The number of carbonyl (C=O) groups excluding carboxylic acids is 1. The van der Waals surface area contributed by atoms with Crippen LogP contribution in [0.15, 0.2) is 54.6 Å². The second-order valence-corrected chi connectivity index (χ2v) is 14.1. The maximum absolute atomic E-state index is 14.7. The van der Waals surface area contributed by atoms with Gasteiger partial charge in [0.2, 0.25) is 0 Å². The van der Waals surface area contributed by atoms with Crippen molar-refractivity contribution < 1.29 is 23.4 Å². The number of aliphatic hydroxyl groups is 1. The summed E-state index contributed by atoms with van der Waals surface area (Å²) in [6.07, 6.45) is -2.11. The first-order chi connectivity index (χ1) is 13.9. The monoisotopic (exact) mass is 436 g/mol. The Kier molecular flexibility index (Phi) is 7.74. The van der Waals surface area contributed by atoms with Gasteiger partial charge in [0.25, 0.3) is 5.91 Å². The Morgan fingerprint density at radius 3 is 2.37 bits per heavy atom. The standard InChI is InChI=1S/C22H30F2N2O3Si/c1-16(25)20(27)22(23,24)21(28)26(15-30(2,3)4)18-11-8-12-19(13-18)29-14-17-9-6-5-7-10-17/h5-13,16,20,27H,14-15,25H2,1-4H3. The molecule has 0 saturated heterocycles. The number of halogens is 2. The number of rotatable bonds is 9. The van der Waals surface area contributed by atoms with E-state index in [0.717, 1.165) is 10.5 Å². The van der Waals surface area contributed by atoms with Gasteiger partial charge in [-0.3, -0.25) is 4.79 Å². The van der Waals surface area contributed by atoms with E-state index in [2.05, 4.69) is 0 Å². The van der Waals surface area contributed by atoms with Crippen LogP contribution in [0.1, 0.15) is 12.5 Å². The third kappa shape index (κ3) is 6.35. The van der Waals surface area contributed by atoms with Gasteiger partial charge in [-0.05, 0) is 24.6 Å². The fourth-order valence-corrected chi connectivity index (χ4v) is 4.15. The number of amides is 1. The van der Waals surface area contributed by atoms with Gasteiger partial charge in [0.1, 0.15) is 18.5 Å². The molecule has 0 aliphatic heterocycles. The Morgan fingerprint density at radius 2 is 1.80 bits per heavy atom. The highest BCUT2D eigenvalue weighted by Crippen LogP contribution is 2.30. The zero-order valence-electron chi connectivity index (χ0n) is 17.8. The maximum atomic E-state index is 14.7. The van der Waals surface area contributed by atoms with Crippen LogP contribution in [0.5, 0.6) is 5.75 Å². The molecular weight excluding hydrogens is 406 g/mol. The fraction of sp³-hybridized carbons (Fsp3) is 0.409. The lowest BCUT2D eigenvalue weighted by Gasteiger charge is -2.34. The van der Waals surface area contributed by atoms with Crippen LogP contribution in [0.2, 0.25) is 19.6 Å². The number of benzene rings is 2. The van der Waals surface area contributed by atoms with Gasteiger partial charge in [-0.25, -0.2) is 0 Å². The molecule has 0 radical (unpaired) electrons. The van der Waals surface area contributed by atoms with Gasteiger partial charge in [-0.1, -0.05) is 56.0 Å². The minimum absolute atomic E-state index is 0.162. The smallest absolute Gasteiger partial charge is 0.351 e. The average molecular weight is 437 g/mol. The highest BCUT2D eigenvalue weighted by molar-refractivity contribution is 6.77. The molecule has 0 aromatic heterocycles. The molecule has 8 heteroatoms. The minimum atomic E-state index is -4.01. The lowest BCUT2D eigenvalue weighted by molar-refractivity contribution is -0.162. The van der Waals surface area contributed by atoms with E-state index in [0.29, 0.717) is 18.0 Å². The quantitative estimate of drug-likeness (QED) is 0.586. The van der Waals surface area contributed by atoms with Gasteiger partial charge in [-0.15, -0.1) is 0 Å². The maximum Gasteiger partial charge on any atom is 0.351 e. The molecule has 164 valence electrons. The van der Waals surface area contributed by atoms with Crippen molar-refractivity contribution in [1.29, 1.82) is 0 Å². The summed E-state index contributed by atoms with van der Waals surface area (Å²) in [5.74, 6) is -5.01. The van der Waals surface area contributed by atoms with Crippen LogP contribution in [0.3, 0.4) is 0 Å². The third-order valence-electron chi connectivity index (χ3n) is 4.41. The van der Waals surface area contributed by atoms with E-state index >= 15 is 0 Å². The number of ether oxygens (including phenoxy) is 1. The zero-order valence-corrected chi connectivity index (χ0v) is 18.8. The third-order valence-corrected chi connectivity index (χ3v) is 5.67. The predicted octanol–water partition coefficient (Wildman–Crippen LogP) is 3.82. The van der Waals surface area contributed by atoms with Crippen LogP contribution in [-0.2, 0) is 11.4 Å². The Balaban J connectivity index is 2.31. The molecule has 0 saturated carbocycles. The number of anilines is 1. The molecule has 3 N–H and O–H groups in total. The lowest BCUT2D eigenvalue weighted by Crippen LogP contribution is -2.58. The summed E-state index contributed by atoms with van der Waals surface area (Å²) in [5, 5.41) is 9.85. The molecule has 30 heavy (non-hydrogen) atoms. The summed E-state index contributed by atoms with van der Waals surface area (Å²) >= 11 is 0. The van der Waals surface area contributed by atoms with Crippen molar-refractivity contribution in [3.63, 3.8) is 0 Å². The number of aliphatic hydroxyl groups excluding tert-OH is 1. The van der Waals surface area contributed by atoms with Crippen molar-refractivity contribution in [2.45, 2.75) is 51.2 Å². The zero-order chi connectivity index (χ0) is 22.5. The lowest BCUT2D eigenvalue weighted by atomic mass is 10.1. The molecule has 5 nitrogen and oxygen atoms in total. The topological polar surface area (TPSA) is 75.8 Å². The highest BCUT2D eigenvalue weighted by Gasteiger charge is 2.51. The normalized spacial score (nSPS) is 14.1. The van der Waals surface area contributed by atoms with Crippen LogP contribution in [0.4, 0.5) is 14.5 Å². The summed E-state index contributed by atoms with van der Waals surface area (Å²) in [7, 11) is -1.98. The van der Waals surface area contributed by atoms with Crippen molar-refractivity contribution in [1.82, 2.24) is 0 Å². The molecule has 2 aromatic carbocycles. The minimum Gasteiger partial charge on any atom is -0.489 e. The number of nitrogens with zero attached hydrogens (tertiary/aromatic N) is 1. The number of carbonyl (C=O) groups is 1. The second kappa shape index (κ2) is 9.68. The van der Waals surface area contributed by atoms with Crippen molar-refractivity contribution in [2.75, 3.05) is 11.1 Å². The van der Waals surface area contributed by atoms with E-state index in [1.54, 1.807) is 24.3 Å². The summed E-state index contributed by atoms with van der Waals surface area (Å²) in [5.41, 5.74) is 6.69. The molecular formula is C22H30F2N2O3Si. The first kappa shape index (κ1) is 24.0. The number of hydrogen-bond donors (Lipinski definition) is 2. The molecule has 2 rings (SSSR count). The SMILES string of the molecule is CC(N)C(O)C(F)(F)C(=O)N(C[Si](C)(C)C)c1cccc(OCc2ccccc2)c1. The Bertz CT molecular complexity index is 842. The van der Waals surface area contributed by atoms with Gasteiger partial charge in [-0.2, -0.15) is 8.78 Å². The van der Waals surface area contributed by atoms with Crippen LogP contribution >= 0.6 is 0 Å². The predicted molar refractivity (Wildman–Crippen MR) is 118 cm³/mol. The van der Waals surface area contributed by atoms with Gasteiger partial charge < -0.3 is 20.5 Å². The Morgan fingerprint density at radius 1 is 1.17 bits per heavy atom. The summed E-state index contributed by atoms with van der Waals surface area (Å²) in [6.45, 7) is 7.48. The van der Waals surface area contributed by atoms with E-state index in [1.807, 2.05) is 50.0 Å². The van der Waals surface area contributed by atoms with Crippen molar-refractivity contribution >= 4 is 19.7 Å². The summed E-state index contributed by atoms with van der Waals surface area (Å²) in [6, 6.07) is 14.8. The van der Waals surface area contributed by atoms with Crippen LogP contribution in [0, 0.1) is 0 Å². The molecule has 0 aliphatic rings. The van der Waals surface area contributed by atoms with Gasteiger partial charge in [0.05, 0.1) is 8.07 Å². The second-order valence-electron chi connectivity index (χ2n) is 8.65. The van der Waals surface area contributed by atoms with Crippen LogP contribution < -0.4 is 15.4 Å². The van der Waals surface area contributed by atoms with E-state index in [-0.39, 0.29) is 6.17 Å². The fourth-order valence-electron chi connectivity index (χ4n) is 2.87. The molecule has 0 aliphatic carbocycles. The van der Waals surface area contributed by atoms with E-state index in [9.17, 15) is 18.7 Å². The molecule has 0 bridgehead atoms. The molecule has 2 atom stereocenters. The summed E-state index contributed by atoms with van der Waals surface area (Å²) < 4.78 is 35.2. The van der Waals surface area contributed by atoms with Gasteiger partial charge in [0.15, 0.2) is 0 Å². The van der Waals surface area contributed by atoms with Crippen molar-refractivity contribution in [3.05, 3.63) is 60.2 Å². The average Bonchev–Trinajstić information content (AvgIpc) is 2.69. The first-order valence-electron chi connectivity index (χ1n) is 9.82. The number of alkyl halides is 2. The number of hydrogen-bond acceptors (Lipinski definition) is 4. The first-order valence-corrected chi connectivity index (χ1v) is 13.5. The largest absolute Gasteiger partial charge is 0.489 e. The molecule has 0 heterocycles. The van der Waals surface area contributed by atoms with Crippen LogP contribution in [0.25, 0.3) is 0 Å². The molecule has 0 spiro atoms. The van der Waals surface area contributed by atoms with Gasteiger partial charge in [0, 0.05) is 24.0 Å². The molecule has 2 unspecified atom stereocenters. The summed E-state index contributed by atoms with van der Waals surface area (Å²) in [4.78, 5) is 13.9. The molecule has 0 fully saturated rings. The van der Waals surface area contributed by atoms with Crippen LogP contribution in [-0.4, -0.2) is 43.3 Å². The highest BCUT2D eigenvalue weighted by atomic mass is 28.3. The van der Waals surface area contributed by atoms with Gasteiger partial charge >= 0.3 is 5.92 Å². The Hall–Kier alpha value is -2.29. The Labute approximate surface area is 177 Å².